The van der Waals surface area contributed by atoms with Gasteiger partial charge in [0.1, 0.15) is 18.1 Å². The molecule has 3 aromatic carbocycles. The number of carbonyl (C=O) groups excluding carboxylic acids is 1. The van der Waals surface area contributed by atoms with Crippen LogP contribution in [0.2, 0.25) is 0 Å². The molecular weight excluding hydrogens is 382 g/mol. The number of hydrogen-bond acceptors (Lipinski definition) is 5. The van der Waals surface area contributed by atoms with Gasteiger partial charge in [0.25, 0.3) is 0 Å². The molecule has 0 spiro atoms. The van der Waals surface area contributed by atoms with E-state index in [9.17, 15) is 13.6 Å². The fraction of sp³-hybridized carbons (Fsp3) is 0.136. The highest BCUT2D eigenvalue weighted by Crippen LogP contribution is 2.30. The molecule has 0 unspecified atom stereocenters. The summed E-state index contributed by atoms with van der Waals surface area (Å²) in [6, 6.07) is 20.2. The number of ether oxygens (including phenoxy) is 4. The predicted octanol–water partition coefficient (Wildman–Crippen LogP) is 5.45. The van der Waals surface area contributed by atoms with Gasteiger partial charge in [0.15, 0.2) is 11.5 Å². The first-order valence-corrected chi connectivity index (χ1v) is 8.67. The van der Waals surface area contributed by atoms with Crippen molar-refractivity contribution in [3.8, 4) is 23.0 Å². The minimum atomic E-state index is -3.00. The number of hydrogen-bond donors (Lipinski definition) is 0. The van der Waals surface area contributed by atoms with Crippen LogP contribution in [0.1, 0.15) is 15.9 Å². The quantitative estimate of drug-likeness (QED) is 0.471. The molecule has 0 fully saturated rings. The highest BCUT2D eigenvalue weighted by molar-refractivity contribution is 5.90. The molecule has 0 aliphatic heterocycles. The lowest BCUT2D eigenvalue weighted by Gasteiger charge is -2.13. The van der Waals surface area contributed by atoms with Crippen LogP contribution in [0.15, 0.2) is 72.8 Å². The Morgan fingerprint density at radius 1 is 0.897 bits per heavy atom. The van der Waals surface area contributed by atoms with Crippen LogP contribution in [0.4, 0.5) is 8.78 Å². The van der Waals surface area contributed by atoms with Crippen molar-refractivity contribution in [1.82, 2.24) is 0 Å². The zero-order chi connectivity index (χ0) is 20.6. The topological polar surface area (TPSA) is 54.0 Å². The Kier molecular flexibility index (Phi) is 6.63. The molecule has 29 heavy (non-hydrogen) atoms. The summed E-state index contributed by atoms with van der Waals surface area (Å²) in [6.07, 6.45) is 0. The van der Waals surface area contributed by atoms with Gasteiger partial charge in [-0.3, -0.25) is 0 Å². The van der Waals surface area contributed by atoms with Crippen LogP contribution < -0.4 is 14.2 Å². The van der Waals surface area contributed by atoms with Gasteiger partial charge in [0.2, 0.25) is 0 Å². The number of methoxy groups -OCH3 is 1. The van der Waals surface area contributed by atoms with E-state index >= 15 is 0 Å². The van der Waals surface area contributed by atoms with Gasteiger partial charge in [-0.2, -0.15) is 8.78 Å². The van der Waals surface area contributed by atoms with E-state index in [2.05, 4.69) is 4.74 Å². The molecule has 0 aliphatic carbocycles. The number of rotatable bonds is 8. The first-order chi connectivity index (χ1) is 14.1. The van der Waals surface area contributed by atoms with E-state index in [1.165, 1.54) is 25.3 Å². The van der Waals surface area contributed by atoms with Crippen molar-refractivity contribution in [2.75, 3.05) is 7.11 Å². The van der Waals surface area contributed by atoms with Crippen LogP contribution in [-0.4, -0.2) is 19.7 Å². The highest BCUT2D eigenvalue weighted by atomic mass is 19.3. The largest absolute Gasteiger partial charge is 0.493 e. The molecule has 0 saturated heterocycles. The van der Waals surface area contributed by atoms with Crippen molar-refractivity contribution in [3.05, 3.63) is 83.9 Å². The van der Waals surface area contributed by atoms with Crippen LogP contribution in [-0.2, 0) is 11.3 Å². The molecule has 0 aliphatic rings. The maximum Gasteiger partial charge on any atom is 0.387 e. The van der Waals surface area contributed by atoms with Crippen LogP contribution in [0.3, 0.4) is 0 Å². The van der Waals surface area contributed by atoms with Crippen molar-refractivity contribution in [3.63, 3.8) is 0 Å². The van der Waals surface area contributed by atoms with E-state index in [0.29, 0.717) is 17.1 Å². The standard InChI is InChI=1S/C22H18F2O5/c1-26-20-13-15(11-12-19(20)29-22(23)24)21(25)27-14-16-7-5-6-10-18(16)28-17-8-3-2-4-9-17/h2-13,22H,14H2,1H3. The number of para-hydroxylation sites is 2. The third kappa shape index (κ3) is 5.44. The molecule has 0 atom stereocenters. The van der Waals surface area contributed by atoms with Crippen LogP contribution >= 0.6 is 0 Å². The normalized spacial score (nSPS) is 10.5. The maximum absolute atomic E-state index is 12.4. The Morgan fingerprint density at radius 2 is 1.62 bits per heavy atom. The average Bonchev–Trinajstić information content (AvgIpc) is 2.73. The smallest absolute Gasteiger partial charge is 0.387 e. The summed E-state index contributed by atoms with van der Waals surface area (Å²) in [6.45, 7) is -3.03. The minimum absolute atomic E-state index is 0.00700. The van der Waals surface area contributed by atoms with E-state index in [1.54, 1.807) is 18.2 Å². The fourth-order valence-electron chi connectivity index (χ4n) is 2.55. The molecule has 0 heterocycles. The molecule has 3 aromatic rings. The van der Waals surface area contributed by atoms with E-state index in [-0.39, 0.29) is 23.7 Å². The third-order valence-corrected chi connectivity index (χ3v) is 3.92. The lowest BCUT2D eigenvalue weighted by molar-refractivity contribution is -0.0512. The molecular formula is C22H18F2O5. The maximum atomic E-state index is 12.4. The number of benzene rings is 3. The van der Waals surface area contributed by atoms with Gasteiger partial charge in [0, 0.05) is 5.56 Å². The van der Waals surface area contributed by atoms with Crippen LogP contribution in [0.25, 0.3) is 0 Å². The molecule has 7 heteroatoms. The van der Waals surface area contributed by atoms with Gasteiger partial charge in [-0.1, -0.05) is 36.4 Å². The molecule has 150 valence electrons. The second kappa shape index (κ2) is 9.54. The van der Waals surface area contributed by atoms with Gasteiger partial charge < -0.3 is 18.9 Å². The molecule has 0 aromatic heterocycles. The fourth-order valence-corrected chi connectivity index (χ4v) is 2.55. The number of carbonyl (C=O) groups is 1. The van der Waals surface area contributed by atoms with Crippen LogP contribution in [0.5, 0.6) is 23.0 Å². The van der Waals surface area contributed by atoms with Crippen molar-refractivity contribution in [2.45, 2.75) is 13.2 Å². The molecule has 0 bridgehead atoms. The molecule has 0 amide bonds. The molecule has 5 nitrogen and oxygen atoms in total. The Balaban J connectivity index is 1.70. The van der Waals surface area contributed by atoms with E-state index in [1.807, 2.05) is 36.4 Å². The lowest BCUT2D eigenvalue weighted by atomic mass is 10.2. The summed E-state index contributed by atoms with van der Waals surface area (Å²) in [5.74, 6) is 0.421. The SMILES string of the molecule is COc1cc(C(=O)OCc2ccccc2Oc2ccccc2)ccc1OC(F)F. The van der Waals surface area contributed by atoms with Gasteiger partial charge in [-0.05, 0) is 36.4 Å². The van der Waals surface area contributed by atoms with Crippen LogP contribution in [0, 0.1) is 0 Å². The van der Waals surface area contributed by atoms with Crippen molar-refractivity contribution < 1.29 is 32.5 Å². The summed E-state index contributed by atoms with van der Waals surface area (Å²) in [4.78, 5) is 12.4. The van der Waals surface area contributed by atoms with Crippen molar-refractivity contribution in [1.29, 1.82) is 0 Å². The first-order valence-electron chi connectivity index (χ1n) is 8.67. The monoisotopic (exact) mass is 400 g/mol. The second-order valence-electron chi connectivity index (χ2n) is 5.84. The minimum Gasteiger partial charge on any atom is -0.493 e. The van der Waals surface area contributed by atoms with Crippen molar-refractivity contribution in [2.24, 2.45) is 0 Å². The first kappa shape index (κ1) is 20.1. The zero-order valence-electron chi connectivity index (χ0n) is 15.5. The summed E-state index contributed by atoms with van der Waals surface area (Å²) >= 11 is 0. The van der Waals surface area contributed by atoms with Crippen molar-refractivity contribution >= 4 is 5.97 Å². The summed E-state index contributed by atoms with van der Waals surface area (Å²) in [5.41, 5.74) is 0.819. The second-order valence-corrected chi connectivity index (χ2v) is 5.84. The summed E-state index contributed by atoms with van der Waals surface area (Å²) in [5, 5.41) is 0. The summed E-state index contributed by atoms with van der Waals surface area (Å²) in [7, 11) is 1.29. The van der Waals surface area contributed by atoms with E-state index in [0.717, 1.165) is 0 Å². The highest BCUT2D eigenvalue weighted by Gasteiger charge is 2.16. The molecule has 0 radical (unpaired) electrons. The van der Waals surface area contributed by atoms with Gasteiger partial charge >= 0.3 is 12.6 Å². The van der Waals surface area contributed by atoms with Gasteiger partial charge in [-0.15, -0.1) is 0 Å². The number of alkyl halides is 2. The summed E-state index contributed by atoms with van der Waals surface area (Å²) < 4.78 is 45.4. The third-order valence-electron chi connectivity index (χ3n) is 3.92. The zero-order valence-corrected chi connectivity index (χ0v) is 15.5. The van der Waals surface area contributed by atoms with E-state index in [4.69, 9.17) is 14.2 Å². The Hall–Kier alpha value is -3.61. The Morgan fingerprint density at radius 3 is 2.34 bits per heavy atom. The average molecular weight is 400 g/mol. The predicted molar refractivity (Wildman–Crippen MR) is 102 cm³/mol. The Labute approximate surface area is 166 Å². The van der Waals surface area contributed by atoms with Gasteiger partial charge in [0.05, 0.1) is 12.7 Å². The van der Waals surface area contributed by atoms with E-state index < -0.39 is 12.6 Å². The number of halogens is 2. The van der Waals surface area contributed by atoms with Gasteiger partial charge in [-0.25, -0.2) is 4.79 Å². The number of esters is 1. The molecule has 3 rings (SSSR count). The molecule has 0 saturated carbocycles. The lowest BCUT2D eigenvalue weighted by Crippen LogP contribution is -2.08. The molecule has 0 N–H and O–H groups in total. The Bertz CT molecular complexity index is 960.